The lowest BCUT2D eigenvalue weighted by Crippen LogP contribution is -2.54. The minimum absolute atomic E-state index is 0.00800. The van der Waals surface area contributed by atoms with Gasteiger partial charge in [0.25, 0.3) is 5.82 Å². The van der Waals surface area contributed by atoms with Gasteiger partial charge in [0.1, 0.15) is 12.9 Å². The molecule has 0 saturated carbocycles. The Morgan fingerprint density at radius 1 is 1.10 bits per heavy atom. The van der Waals surface area contributed by atoms with Crippen LogP contribution in [0.25, 0.3) is 11.5 Å². The van der Waals surface area contributed by atoms with Crippen LogP contribution >= 0.6 is 0 Å². The van der Waals surface area contributed by atoms with Crippen LogP contribution in [0.3, 0.4) is 0 Å². The minimum Gasteiger partial charge on any atom is -0.842 e. The van der Waals surface area contributed by atoms with Gasteiger partial charge in [-0.05, 0) is 23.8 Å². The van der Waals surface area contributed by atoms with Gasteiger partial charge in [-0.15, -0.1) is 0 Å². The monoisotopic (exact) mass is 400 g/mol. The molecule has 0 amide bonds. The van der Waals surface area contributed by atoms with Crippen LogP contribution in [-0.4, -0.2) is 21.3 Å². The Bertz CT molecular complexity index is 1070. The second-order valence-electron chi connectivity index (χ2n) is 6.47. The quantitative estimate of drug-likeness (QED) is 0.679. The first-order chi connectivity index (χ1) is 13.9. The van der Waals surface area contributed by atoms with E-state index < -0.39 is 23.9 Å². The van der Waals surface area contributed by atoms with Gasteiger partial charge in [-0.1, -0.05) is 18.2 Å². The highest BCUT2D eigenvalue weighted by Gasteiger charge is 2.38. The molecular weight excluding hydrogens is 385 g/mol. The third-order valence-electron chi connectivity index (χ3n) is 4.60. The van der Waals surface area contributed by atoms with Crippen molar-refractivity contribution < 1.29 is 28.0 Å². The van der Waals surface area contributed by atoms with Gasteiger partial charge in [0.2, 0.25) is 6.23 Å². The van der Waals surface area contributed by atoms with Crippen LogP contribution in [0.5, 0.6) is 0 Å². The predicted molar refractivity (Wildman–Crippen MR) is 95.4 cm³/mol. The third kappa shape index (κ3) is 3.52. The summed E-state index contributed by atoms with van der Waals surface area (Å²) in [4.78, 5) is 9.38. The average molecular weight is 400 g/mol. The van der Waals surface area contributed by atoms with E-state index in [1.54, 1.807) is 30.6 Å². The largest absolute Gasteiger partial charge is 0.842 e. The molecule has 6 nitrogen and oxygen atoms in total. The Balaban J connectivity index is 1.84. The van der Waals surface area contributed by atoms with Crippen molar-refractivity contribution in [1.82, 2.24) is 9.97 Å². The lowest BCUT2D eigenvalue weighted by Gasteiger charge is -2.34. The van der Waals surface area contributed by atoms with Crippen molar-refractivity contribution in [3.63, 3.8) is 0 Å². The summed E-state index contributed by atoms with van der Waals surface area (Å²) in [6.07, 6.45) is -0.0195. The molecule has 1 aromatic carbocycles. The van der Waals surface area contributed by atoms with Crippen LogP contribution in [0.1, 0.15) is 16.7 Å². The van der Waals surface area contributed by atoms with E-state index in [4.69, 9.17) is 0 Å². The fourth-order valence-electron chi connectivity index (χ4n) is 3.27. The van der Waals surface area contributed by atoms with Crippen LogP contribution in [0.15, 0.2) is 67.4 Å². The SMILES string of the molecule is [O-]C1=C(c2cccc(C(F)(F)F)c2)C(O)N(Cc2cncnc2)c2cccc[n+]21. The van der Waals surface area contributed by atoms with Crippen molar-refractivity contribution in [2.75, 3.05) is 4.90 Å². The molecule has 1 unspecified atom stereocenters. The molecule has 1 aliphatic heterocycles. The molecule has 3 heterocycles. The van der Waals surface area contributed by atoms with Crippen LogP contribution < -0.4 is 14.6 Å². The minimum atomic E-state index is -4.56. The number of nitrogens with zero attached hydrogens (tertiary/aromatic N) is 4. The van der Waals surface area contributed by atoms with Gasteiger partial charge in [0.15, 0.2) is 0 Å². The molecule has 0 saturated heterocycles. The van der Waals surface area contributed by atoms with Crippen LogP contribution in [-0.2, 0) is 12.7 Å². The van der Waals surface area contributed by atoms with Gasteiger partial charge in [-0.3, -0.25) is 0 Å². The smallest absolute Gasteiger partial charge is 0.416 e. The number of alkyl halides is 3. The predicted octanol–water partition coefficient (Wildman–Crippen LogP) is 1.81. The van der Waals surface area contributed by atoms with E-state index >= 15 is 0 Å². The van der Waals surface area contributed by atoms with Gasteiger partial charge in [-0.25, -0.2) is 19.4 Å². The van der Waals surface area contributed by atoms with Gasteiger partial charge in [0, 0.05) is 24.0 Å². The molecule has 3 aromatic rings. The summed E-state index contributed by atoms with van der Waals surface area (Å²) in [6.45, 7) is 0.155. The highest BCUT2D eigenvalue weighted by Crippen LogP contribution is 2.35. The molecule has 9 heteroatoms. The standard InChI is InChI=1S/C20H15F3N4O2/c21-20(22,23)15-5-3-4-14(8-15)17-18(28)26-7-2-1-6-16(26)27(19(17)29)11-13-9-24-12-25-10-13/h1-10,12,19,29H,11H2. The van der Waals surface area contributed by atoms with Crippen molar-refractivity contribution in [3.05, 3.63) is 84.1 Å². The van der Waals surface area contributed by atoms with Crippen LogP contribution in [0, 0.1) is 0 Å². The fourth-order valence-corrected chi connectivity index (χ4v) is 3.27. The second kappa shape index (κ2) is 7.17. The number of anilines is 1. The maximum absolute atomic E-state index is 13.1. The lowest BCUT2D eigenvalue weighted by molar-refractivity contribution is -0.642. The molecule has 0 aliphatic carbocycles. The number of aliphatic hydroxyl groups excluding tert-OH is 1. The maximum atomic E-state index is 13.1. The van der Waals surface area contributed by atoms with E-state index in [0.717, 1.165) is 12.1 Å². The number of halogens is 3. The highest BCUT2D eigenvalue weighted by molar-refractivity contribution is 5.82. The molecule has 1 aliphatic rings. The number of aliphatic hydroxyl groups is 1. The number of rotatable bonds is 3. The molecule has 4 rings (SSSR count). The maximum Gasteiger partial charge on any atom is 0.416 e. The van der Waals surface area contributed by atoms with Gasteiger partial charge >= 0.3 is 6.18 Å². The van der Waals surface area contributed by atoms with E-state index in [-0.39, 0.29) is 17.7 Å². The summed E-state index contributed by atoms with van der Waals surface area (Å²) in [5.74, 6) is -0.183. The molecule has 1 N–H and O–H groups in total. The van der Waals surface area contributed by atoms with E-state index in [0.29, 0.717) is 11.4 Å². The first-order valence-corrected chi connectivity index (χ1v) is 8.65. The Morgan fingerprint density at radius 3 is 2.59 bits per heavy atom. The first kappa shape index (κ1) is 18.9. The van der Waals surface area contributed by atoms with Crippen LogP contribution in [0.2, 0.25) is 0 Å². The van der Waals surface area contributed by atoms with E-state index in [2.05, 4.69) is 9.97 Å². The summed E-state index contributed by atoms with van der Waals surface area (Å²) < 4.78 is 40.7. The summed E-state index contributed by atoms with van der Waals surface area (Å²) in [5.41, 5.74) is -0.362. The average Bonchev–Trinajstić information content (AvgIpc) is 2.72. The molecule has 1 atom stereocenters. The fraction of sp³-hybridized carbons (Fsp3) is 0.150. The number of hydrogen-bond acceptors (Lipinski definition) is 5. The topological polar surface area (TPSA) is 76.2 Å². The number of aromatic nitrogens is 3. The Labute approximate surface area is 163 Å². The molecule has 0 spiro atoms. The molecule has 0 radical (unpaired) electrons. The highest BCUT2D eigenvalue weighted by atomic mass is 19.4. The zero-order chi connectivity index (χ0) is 20.6. The molecule has 148 valence electrons. The summed E-state index contributed by atoms with van der Waals surface area (Å²) in [6, 6.07) is 9.37. The van der Waals surface area contributed by atoms with E-state index in [1.165, 1.54) is 34.1 Å². The molecule has 29 heavy (non-hydrogen) atoms. The van der Waals surface area contributed by atoms with Crippen molar-refractivity contribution in [1.29, 1.82) is 0 Å². The molecular formula is C20H15F3N4O2. The molecule has 0 bridgehead atoms. The van der Waals surface area contributed by atoms with E-state index in [9.17, 15) is 23.4 Å². The second-order valence-corrected chi connectivity index (χ2v) is 6.47. The van der Waals surface area contributed by atoms with Gasteiger partial charge < -0.3 is 10.2 Å². The summed E-state index contributed by atoms with van der Waals surface area (Å²) in [7, 11) is 0. The van der Waals surface area contributed by atoms with Crippen LogP contribution in [0.4, 0.5) is 19.0 Å². The number of hydrogen-bond donors (Lipinski definition) is 1. The normalized spacial score (nSPS) is 16.7. The van der Waals surface area contributed by atoms with Gasteiger partial charge in [-0.2, -0.15) is 13.2 Å². The summed E-state index contributed by atoms with van der Waals surface area (Å²) in [5, 5.41) is 24.0. The number of benzene rings is 1. The van der Waals surface area contributed by atoms with Gasteiger partial charge in [0.05, 0.1) is 23.2 Å². The van der Waals surface area contributed by atoms with Crippen molar-refractivity contribution in [2.24, 2.45) is 0 Å². The molecule has 2 aromatic heterocycles. The summed E-state index contributed by atoms with van der Waals surface area (Å²) >= 11 is 0. The Kier molecular flexibility index (Phi) is 4.67. The van der Waals surface area contributed by atoms with Crippen molar-refractivity contribution >= 4 is 17.3 Å². The van der Waals surface area contributed by atoms with Crippen molar-refractivity contribution in [2.45, 2.75) is 18.9 Å². The van der Waals surface area contributed by atoms with Crippen molar-refractivity contribution in [3.8, 4) is 0 Å². The molecule has 0 fully saturated rings. The Morgan fingerprint density at radius 2 is 1.86 bits per heavy atom. The van der Waals surface area contributed by atoms with E-state index in [1.807, 2.05) is 0 Å². The third-order valence-corrected chi connectivity index (χ3v) is 4.60. The first-order valence-electron chi connectivity index (χ1n) is 8.65. The zero-order valence-electron chi connectivity index (χ0n) is 14.9. The number of fused-ring (bicyclic) bond motifs is 1. The Hall–Kier alpha value is -3.46. The lowest BCUT2D eigenvalue weighted by atomic mass is 9.99. The zero-order valence-corrected chi connectivity index (χ0v) is 14.9. The number of pyridine rings is 1.